The van der Waals surface area contributed by atoms with Crippen molar-refractivity contribution in [3.8, 4) is 0 Å². The van der Waals surface area contributed by atoms with E-state index in [1.54, 1.807) is 0 Å². The van der Waals surface area contributed by atoms with Crippen LogP contribution in [0.1, 0.15) is 41.3 Å². The van der Waals surface area contributed by atoms with Crippen molar-refractivity contribution in [3.63, 3.8) is 0 Å². The van der Waals surface area contributed by atoms with Crippen molar-refractivity contribution in [2.45, 2.75) is 37.9 Å². The van der Waals surface area contributed by atoms with Crippen molar-refractivity contribution in [2.24, 2.45) is 7.05 Å². The summed E-state index contributed by atoms with van der Waals surface area (Å²) in [5, 5.41) is 3.19. The van der Waals surface area contributed by atoms with Gasteiger partial charge in [0.15, 0.2) is 0 Å². The second kappa shape index (κ2) is 9.17. The zero-order chi connectivity index (χ0) is 21.9. The Bertz CT molecular complexity index is 1050. The highest BCUT2D eigenvalue weighted by Crippen LogP contribution is 2.36. The van der Waals surface area contributed by atoms with Gasteiger partial charge in [-0.1, -0.05) is 54.6 Å². The number of imidazole rings is 1. The van der Waals surface area contributed by atoms with Crippen LogP contribution < -0.4 is 5.32 Å². The van der Waals surface area contributed by atoms with E-state index in [9.17, 15) is 4.79 Å². The lowest BCUT2D eigenvalue weighted by molar-refractivity contribution is 0.0993. The smallest absolute Gasteiger partial charge is 0.318 e. The molecule has 2 amide bonds. The van der Waals surface area contributed by atoms with E-state index in [4.69, 9.17) is 0 Å². The summed E-state index contributed by atoms with van der Waals surface area (Å²) in [4.78, 5) is 22.5. The van der Waals surface area contributed by atoms with Gasteiger partial charge in [-0.05, 0) is 36.0 Å². The minimum Gasteiger partial charge on any atom is -0.340 e. The first-order chi connectivity index (χ1) is 15.7. The molecule has 6 nitrogen and oxygen atoms in total. The van der Waals surface area contributed by atoms with Gasteiger partial charge in [0, 0.05) is 45.5 Å². The number of nitrogens with one attached hydrogen (secondary N) is 1. The van der Waals surface area contributed by atoms with Gasteiger partial charge in [0.2, 0.25) is 0 Å². The Morgan fingerprint density at radius 1 is 1.03 bits per heavy atom. The molecule has 2 aliphatic rings. The van der Waals surface area contributed by atoms with Crippen LogP contribution in [0.2, 0.25) is 0 Å². The molecule has 0 saturated carbocycles. The number of nitrogens with zero attached hydrogens (tertiary/aromatic N) is 4. The van der Waals surface area contributed by atoms with Crippen LogP contribution in [-0.4, -0.2) is 51.1 Å². The fraction of sp³-hybridized carbons (Fsp3) is 0.385. The highest BCUT2D eigenvalue weighted by molar-refractivity contribution is 5.76. The SMILES string of the molecule is Cn1cnc(CN2CCC(N3C(=O)NCCc4ccccc4C3c3ccccc3)CC2)c1. The Hall–Kier alpha value is -3.12. The number of aromatic nitrogens is 2. The average molecular weight is 430 g/mol. The highest BCUT2D eigenvalue weighted by Gasteiger charge is 2.36. The molecule has 1 aromatic heterocycles. The molecule has 166 valence electrons. The maximum absolute atomic E-state index is 13.4. The van der Waals surface area contributed by atoms with Gasteiger partial charge in [-0.15, -0.1) is 0 Å². The first-order valence-corrected chi connectivity index (χ1v) is 11.6. The maximum Gasteiger partial charge on any atom is 0.318 e. The number of hydrogen-bond acceptors (Lipinski definition) is 3. The van der Waals surface area contributed by atoms with Crippen molar-refractivity contribution in [3.05, 3.63) is 89.5 Å². The lowest BCUT2D eigenvalue weighted by atomic mass is 9.89. The molecule has 1 unspecified atom stereocenters. The van der Waals surface area contributed by atoms with Gasteiger partial charge in [0.05, 0.1) is 18.1 Å². The Balaban J connectivity index is 1.42. The largest absolute Gasteiger partial charge is 0.340 e. The number of hydrogen-bond donors (Lipinski definition) is 1. The second-order valence-electron chi connectivity index (χ2n) is 8.94. The summed E-state index contributed by atoms with van der Waals surface area (Å²) in [5.41, 5.74) is 4.85. The predicted octanol–water partition coefficient (Wildman–Crippen LogP) is 3.74. The number of aryl methyl sites for hydroxylation is 1. The maximum atomic E-state index is 13.4. The molecule has 1 N–H and O–H groups in total. The lowest BCUT2D eigenvalue weighted by Gasteiger charge is -2.44. The number of amides is 2. The van der Waals surface area contributed by atoms with Gasteiger partial charge in [-0.2, -0.15) is 0 Å². The average Bonchev–Trinajstić information content (AvgIpc) is 3.22. The van der Waals surface area contributed by atoms with E-state index in [2.05, 4.69) is 74.8 Å². The Morgan fingerprint density at radius 3 is 2.53 bits per heavy atom. The molecule has 0 aliphatic carbocycles. The molecule has 2 aromatic carbocycles. The van der Waals surface area contributed by atoms with Crippen LogP contribution in [0, 0.1) is 0 Å². The van der Waals surface area contributed by atoms with E-state index in [-0.39, 0.29) is 18.1 Å². The molecular weight excluding hydrogens is 398 g/mol. The fourth-order valence-electron chi connectivity index (χ4n) is 5.18. The van der Waals surface area contributed by atoms with Crippen molar-refractivity contribution in [1.29, 1.82) is 0 Å². The van der Waals surface area contributed by atoms with E-state index in [1.807, 2.05) is 24.0 Å². The molecule has 0 radical (unpaired) electrons. The predicted molar refractivity (Wildman–Crippen MR) is 125 cm³/mol. The zero-order valence-electron chi connectivity index (χ0n) is 18.7. The molecule has 1 fully saturated rings. The van der Waals surface area contributed by atoms with Crippen LogP contribution in [0.4, 0.5) is 4.79 Å². The molecule has 32 heavy (non-hydrogen) atoms. The third-order valence-corrected chi connectivity index (χ3v) is 6.74. The summed E-state index contributed by atoms with van der Waals surface area (Å²) in [5.74, 6) is 0. The van der Waals surface area contributed by atoms with Gasteiger partial charge in [0.1, 0.15) is 0 Å². The minimum absolute atomic E-state index is 0.0523. The Labute approximate surface area is 189 Å². The lowest BCUT2D eigenvalue weighted by Crippen LogP contribution is -2.53. The quantitative estimate of drug-likeness (QED) is 0.687. The van der Waals surface area contributed by atoms with Crippen LogP contribution in [0.5, 0.6) is 0 Å². The van der Waals surface area contributed by atoms with Crippen LogP contribution in [0.25, 0.3) is 0 Å². The fourth-order valence-corrected chi connectivity index (χ4v) is 5.18. The summed E-state index contributed by atoms with van der Waals surface area (Å²) in [6.45, 7) is 3.47. The van der Waals surface area contributed by atoms with Gasteiger partial charge in [-0.25, -0.2) is 9.78 Å². The van der Waals surface area contributed by atoms with Crippen LogP contribution in [-0.2, 0) is 20.0 Å². The molecule has 2 aliphatic heterocycles. The van der Waals surface area contributed by atoms with Gasteiger partial charge in [0.25, 0.3) is 0 Å². The minimum atomic E-state index is -0.0694. The number of urea groups is 1. The number of carbonyl (C=O) groups is 1. The molecule has 0 spiro atoms. The number of likely N-dealkylation sites (tertiary alicyclic amines) is 1. The molecular formula is C26H31N5O. The highest BCUT2D eigenvalue weighted by atomic mass is 16.2. The number of rotatable bonds is 4. The zero-order valence-corrected chi connectivity index (χ0v) is 18.7. The summed E-state index contributed by atoms with van der Waals surface area (Å²) in [6, 6.07) is 19.3. The number of fused-ring (bicyclic) bond motifs is 1. The molecule has 6 heteroatoms. The summed E-state index contributed by atoms with van der Waals surface area (Å²) in [6.07, 6.45) is 6.73. The van der Waals surface area contributed by atoms with Gasteiger partial charge in [-0.3, -0.25) is 4.90 Å². The van der Waals surface area contributed by atoms with Crippen LogP contribution in [0.3, 0.4) is 0 Å². The third-order valence-electron chi connectivity index (χ3n) is 6.74. The normalized spacial score (nSPS) is 20.3. The van der Waals surface area contributed by atoms with Crippen LogP contribution in [0.15, 0.2) is 67.1 Å². The monoisotopic (exact) mass is 429 g/mol. The Kier molecular flexibility index (Phi) is 5.95. The van der Waals surface area contributed by atoms with E-state index in [1.165, 1.54) is 16.7 Å². The van der Waals surface area contributed by atoms with E-state index in [0.29, 0.717) is 6.54 Å². The molecule has 3 aromatic rings. The molecule has 0 bridgehead atoms. The van der Waals surface area contributed by atoms with Crippen LogP contribution >= 0.6 is 0 Å². The Morgan fingerprint density at radius 2 is 1.78 bits per heavy atom. The second-order valence-corrected chi connectivity index (χ2v) is 8.94. The van der Waals surface area contributed by atoms with Crippen molar-refractivity contribution < 1.29 is 4.79 Å². The number of benzene rings is 2. The van der Waals surface area contributed by atoms with E-state index < -0.39 is 0 Å². The van der Waals surface area contributed by atoms with E-state index in [0.717, 1.165) is 44.6 Å². The first-order valence-electron chi connectivity index (χ1n) is 11.6. The summed E-state index contributed by atoms with van der Waals surface area (Å²) < 4.78 is 1.99. The van der Waals surface area contributed by atoms with Crippen molar-refractivity contribution in [2.75, 3.05) is 19.6 Å². The summed E-state index contributed by atoms with van der Waals surface area (Å²) >= 11 is 0. The molecule has 1 atom stereocenters. The topological polar surface area (TPSA) is 53.4 Å². The number of carbonyl (C=O) groups excluding carboxylic acids is 1. The van der Waals surface area contributed by atoms with Gasteiger partial charge < -0.3 is 14.8 Å². The van der Waals surface area contributed by atoms with Gasteiger partial charge >= 0.3 is 6.03 Å². The molecule has 1 saturated heterocycles. The van der Waals surface area contributed by atoms with Crippen molar-refractivity contribution >= 4 is 6.03 Å². The summed E-state index contributed by atoms with van der Waals surface area (Å²) in [7, 11) is 2.00. The van der Waals surface area contributed by atoms with Crippen molar-refractivity contribution in [1.82, 2.24) is 24.7 Å². The number of piperidine rings is 1. The molecule has 5 rings (SSSR count). The first kappa shape index (κ1) is 20.8. The third kappa shape index (κ3) is 4.28. The molecule has 3 heterocycles. The standard InChI is InChI=1S/C26H31N5O/c1-29-17-22(28-19-29)18-30-15-12-23(13-16-30)31-25(21-8-3-2-4-9-21)24-10-6-5-7-20(24)11-14-27-26(31)32/h2-10,17,19,23,25H,11-16,18H2,1H3,(H,27,32). The van der Waals surface area contributed by atoms with E-state index >= 15 is 0 Å².